The minimum atomic E-state index is -1.12. The smallest absolute Gasteiger partial charge is 0.319 e. The van der Waals surface area contributed by atoms with Gasteiger partial charge in [0.2, 0.25) is 0 Å². The summed E-state index contributed by atoms with van der Waals surface area (Å²) in [6.07, 6.45) is 2.38. The van der Waals surface area contributed by atoms with E-state index < -0.39 is 5.54 Å². The molecule has 6 rings (SSSR count). The Bertz CT molecular complexity index is 1340. The van der Waals surface area contributed by atoms with Crippen molar-refractivity contribution in [1.29, 1.82) is 0 Å². The Morgan fingerprint density at radius 1 is 0.943 bits per heavy atom. The van der Waals surface area contributed by atoms with E-state index in [0.717, 1.165) is 45.7 Å². The summed E-state index contributed by atoms with van der Waals surface area (Å²) < 4.78 is 1.16. The number of carbonyl (C=O) groups is 2. The molecule has 1 N–H and O–H groups in total. The number of hydrogen-bond acceptors (Lipinski definition) is 5. The maximum atomic E-state index is 14.0. The lowest BCUT2D eigenvalue weighted by molar-refractivity contribution is -0.133. The van der Waals surface area contributed by atoms with Gasteiger partial charge in [0.15, 0.2) is 5.54 Å². The number of rotatable bonds is 6. The number of carbonyl (C=O) groups excluding carboxylic acids is 2. The minimum Gasteiger partial charge on any atom is -0.319 e. The van der Waals surface area contributed by atoms with E-state index >= 15 is 0 Å². The summed E-state index contributed by atoms with van der Waals surface area (Å²) >= 11 is 1.70. The summed E-state index contributed by atoms with van der Waals surface area (Å²) in [5.74, 6) is -0.201. The standard InChI is InChI=1S/C28H26N4O2S/c33-26-28(21-12-5-2-6-13-21,18-20-10-3-1-4-11-20)30-27(34)32(26)19-31-17-9-15-23(31)25-29-22-14-7-8-16-24(22)35-25/h1-8,10-14,16,23H,9,15,17-19H2,(H,30,34)/t23-,28+/m0/s1. The minimum absolute atomic E-state index is 0.105. The Morgan fingerprint density at radius 2 is 1.66 bits per heavy atom. The normalized spacial score (nSPS) is 22.7. The van der Waals surface area contributed by atoms with Crippen LogP contribution >= 0.6 is 11.3 Å². The quantitative estimate of drug-likeness (QED) is 0.389. The number of amides is 3. The molecule has 2 aliphatic heterocycles. The third kappa shape index (κ3) is 3.90. The summed E-state index contributed by atoms with van der Waals surface area (Å²) in [6.45, 7) is 1.09. The molecule has 4 aromatic rings. The van der Waals surface area contributed by atoms with Crippen molar-refractivity contribution in [2.24, 2.45) is 0 Å². The molecule has 7 heteroatoms. The average molecular weight is 483 g/mol. The Hall–Kier alpha value is -3.55. The zero-order valence-corrected chi connectivity index (χ0v) is 20.1. The lowest BCUT2D eigenvalue weighted by Gasteiger charge is -2.29. The van der Waals surface area contributed by atoms with Crippen LogP contribution in [0.4, 0.5) is 4.79 Å². The van der Waals surface area contributed by atoms with Crippen LogP contribution in [-0.2, 0) is 16.8 Å². The first-order valence-electron chi connectivity index (χ1n) is 12.0. The molecule has 0 aliphatic carbocycles. The van der Waals surface area contributed by atoms with Crippen LogP contribution in [0, 0.1) is 0 Å². The maximum Gasteiger partial charge on any atom is 0.326 e. The molecule has 2 fully saturated rings. The van der Waals surface area contributed by atoms with Gasteiger partial charge in [-0.15, -0.1) is 11.3 Å². The largest absolute Gasteiger partial charge is 0.326 e. The van der Waals surface area contributed by atoms with Gasteiger partial charge in [-0.25, -0.2) is 14.7 Å². The molecular weight excluding hydrogens is 456 g/mol. The maximum absolute atomic E-state index is 14.0. The summed E-state index contributed by atoms with van der Waals surface area (Å²) in [6, 6.07) is 27.4. The number of thiazole rings is 1. The molecule has 176 valence electrons. The van der Waals surface area contributed by atoms with Crippen molar-refractivity contribution in [3.63, 3.8) is 0 Å². The van der Waals surface area contributed by atoms with Gasteiger partial charge < -0.3 is 5.32 Å². The van der Waals surface area contributed by atoms with Crippen LogP contribution in [0.5, 0.6) is 0 Å². The number of nitrogens with zero attached hydrogens (tertiary/aromatic N) is 3. The van der Waals surface area contributed by atoms with Gasteiger partial charge in [0.1, 0.15) is 5.01 Å². The molecule has 6 nitrogen and oxygen atoms in total. The SMILES string of the molecule is O=C1N[C@](Cc2ccccc2)(c2ccccc2)C(=O)N1CN1CCC[C@H]1c1nc2ccccc2s1. The molecule has 0 spiro atoms. The molecule has 2 atom stereocenters. The van der Waals surface area contributed by atoms with Gasteiger partial charge in [0.25, 0.3) is 5.91 Å². The molecule has 0 bridgehead atoms. The summed E-state index contributed by atoms with van der Waals surface area (Å²) in [7, 11) is 0. The van der Waals surface area contributed by atoms with Crippen LogP contribution in [0.15, 0.2) is 84.9 Å². The van der Waals surface area contributed by atoms with Gasteiger partial charge in [-0.2, -0.15) is 0 Å². The van der Waals surface area contributed by atoms with E-state index in [-0.39, 0.29) is 24.6 Å². The summed E-state index contributed by atoms with van der Waals surface area (Å²) in [5.41, 5.74) is 1.68. The second-order valence-corrected chi connectivity index (χ2v) is 10.3. The zero-order chi connectivity index (χ0) is 23.8. The fraction of sp³-hybridized carbons (Fsp3) is 0.250. The molecule has 0 saturated carbocycles. The highest BCUT2D eigenvalue weighted by Gasteiger charge is 2.53. The molecule has 3 amide bonds. The third-order valence-corrected chi connectivity index (χ3v) is 8.17. The van der Waals surface area contributed by atoms with Crippen molar-refractivity contribution in [2.45, 2.75) is 30.8 Å². The molecule has 2 aliphatic rings. The molecule has 3 heterocycles. The summed E-state index contributed by atoms with van der Waals surface area (Å²) in [4.78, 5) is 35.8. The number of nitrogens with one attached hydrogen (secondary N) is 1. The van der Waals surface area contributed by atoms with E-state index in [4.69, 9.17) is 4.98 Å². The lowest BCUT2D eigenvalue weighted by Crippen LogP contribution is -2.47. The molecule has 0 unspecified atom stereocenters. The van der Waals surface area contributed by atoms with Gasteiger partial charge in [0, 0.05) is 13.0 Å². The van der Waals surface area contributed by atoms with Crippen LogP contribution in [0.2, 0.25) is 0 Å². The number of fused-ring (bicyclic) bond motifs is 1. The first kappa shape index (κ1) is 21.9. The van der Waals surface area contributed by atoms with Crippen molar-refractivity contribution in [3.8, 4) is 0 Å². The lowest BCUT2D eigenvalue weighted by atomic mass is 9.83. The fourth-order valence-corrected chi connectivity index (χ4v) is 6.42. The van der Waals surface area contributed by atoms with Crippen LogP contribution in [0.25, 0.3) is 10.2 Å². The molecular formula is C28H26N4O2S. The predicted octanol–water partition coefficient (Wildman–Crippen LogP) is 5.08. The number of hydrogen-bond donors (Lipinski definition) is 1. The monoisotopic (exact) mass is 482 g/mol. The first-order chi connectivity index (χ1) is 17.1. The topological polar surface area (TPSA) is 65.5 Å². The van der Waals surface area contributed by atoms with E-state index in [2.05, 4.69) is 16.3 Å². The van der Waals surface area contributed by atoms with Crippen molar-refractivity contribution in [3.05, 3.63) is 101 Å². The number of urea groups is 1. The first-order valence-corrected chi connectivity index (χ1v) is 12.8. The highest BCUT2D eigenvalue weighted by Crippen LogP contribution is 2.38. The molecule has 35 heavy (non-hydrogen) atoms. The van der Waals surface area contributed by atoms with Gasteiger partial charge in [-0.05, 0) is 36.1 Å². The zero-order valence-electron chi connectivity index (χ0n) is 19.3. The summed E-state index contributed by atoms with van der Waals surface area (Å²) in [5, 5.41) is 4.13. The van der Waals surface area contributed by atoms with Gasteiger partial charge in [0.05, 0.1) is 22.9 Å². The second kappa shape index (κ2) is 8.91. The predicted molar refractivity (Wildman–Crippen MR) is 137 cm³/mol. The van der Waals surface area contributed by atoms with Crippen molar-refractivity contribution < 1.29 is 9.59 Å². The number of benzene rings is 3. The van der Waals surface area contributed by atoms with Crippen molar-refractivity contribution in [2.75, 3.05) is 13.2 Å². The number of imide groups is 1. The Labute approximate surface area is 208 Å². The van der Waals surface area contributed by atoms with Crippen molar-refractivity contribution in [1.82, 2.24) is 20.1 Å². The molecule has 2 saturated heterocycles. The Kier molecular flexibility index (Phi) is 5.59. The molecule has 3 aromatic carbocycles. The van der Waals surface area contributed by atoms with Crippen LogP contribution < -0.4 is 5.32 Å². The van der Waals surface area contributed by atoms with E-state index in [9.17, 15) is 9.59 Å². The third-order valence-electron chi connectivity index (χ3n) is 7.04. The van der Waals surface area contributed by atoms with Gasteiger partial charge >= 0.3 is 6.03 Å². The second-order valence-electron chi connectivity index (χ2n) is 9.23. The van der Waals surface area contributed by atoms with Crippen LogP contribution in [0.3, 0.4) is 0 Å². The van der Waals surface area contributed by atoms with E-state index in [1.165, 1.54) is 4.90 Å². The fourth-order valence-electron chi connectivity index (χ4n) is 5.29. The molecule has 0 radical (unpaired) electrons. The Balaban J connectivity index is 1.30. The van der Waals surface area contributed by atoms with E-state index in [0.29, 0.717) is 6.42 Å². The highest BCUT2D eigenvalue weighted by molar-refractivity contribution is 7.18. The highest BCUT2D eigenvalue weighted by atomic mass is 32.1. The van der Waals surface area contributed by atoms with Crippen LogP contribution in [-0.4, -0.2) is 39.9 Å². The average Bonchev–Trinajstić information content (AvgIpc) is 3.59. The number of para-hydroxylation sites is 1. The number of aromatic nitrogens is 1. The van der Waals surface area contributed by atoms with Gasteiger partial charge in [-0.1, -0.05) is 72.8 Å². The van der Waals surface area contributed by atoms with Crippen molar-refractivity contribution >= 4 is 33.5 Å². The van der Waals surface area contributed by atoms with E-state index in [1.807, 2.05) is 78.9 Å². The molecule has 1 aromatic heterocycles. The van der Waals surface area contributed by atoms with Crippen LogP contribution in [0.1, 0.15) is 35.0 Å². The Morgan fingerprint density at radius 3 is 2.43 bits per heavy atom. The van der Waals surface area contributed by atoms with Gasteiger partial charge in [-0.3, -0.25) is 9.69 Å². The number of likely N-dealkylation sites (tertiary alicyclic amines) is 1. The van der Waals surface area contributed by atoms with E-state index in [1.54, 1.807) is 11.3 Å².